The van der Waals surface area contributed by atoms with Crippen molar-refractivity contribution in [2.75, 3.05) is 23.8 Å². The number of amides is 1. The summed E-state index contributed by atoms with van der Waals surface area (Å²) in [6, 6.07) is 16.6. The van der Waals surface area contributed by atoms with E-state index in [-0.39, 0.29) is 17.4 Å². The summed E-state index contributed by atoms with van der Waals surface area (Å²) in [7, 11) is 1.89. The zero-order valence-corrected chi connectivity index (χ0v) is 23.2. The Hall–Kier alpha value is -2.93. The van der Waals surface area contributed by atoms with Gasteiger partial charge in [-0.25, -0.2) is 0 Å². The first kappa shape index (κ1) is 28.6. The maximum absolute atomic E-state index is 13.4. The Morgan fingerprint density at radius 2 is 1.78 bits per heavy atom. The summed E-state index contributed by atoms with van der Waals surface area (Å²) in [4.78, 5) is 29.4. The Labute approximate surface area is 229 Å². The molecular weight excluding hydrogens is 507 g/mol. The number of likely N-dealkylation sites (N-methyl/N-ethyl adjacent to an activating group) is 1. The predicted octanol–water partition coefficient (Wildman–Crippen LogP) is 6.44. The fraction of sp³-hybridized carbons (Fsp3) is 0.345. The minimum Gasteiger partial charge on any atom is -0.359 e. The molecular formula is C29H34Cl2N4O2. The summed E-state index contributed by atoms with van der Waals surface area (Å²) in [5.41, 5.74) is 3.36. The summed E-state index contributed by atoms with van der Waals surface area (Å²) in [5.74, 6) is -0.250. The van der Waals surface area contributed by atoms with Crippen molar-refractivity contribution in [3.63, 3.8) is 0 Å². The molecule has 3 aromatic rings. The second-order valence-corrected chi connectivity index (χ2v) is 10.8. The molecule has 2 N–H and O–H groups in total. The van der Waals surface area contributed by atoms with Crippen LogP contribution in [0.4, 0.5) is 11.4 Å². The lowest BCUT2D eigenvalue weighted by atomic mass is 9.87. The van der Waals surface area contributed by atoms with Gasteiger partial charge in [0, 0.05) is 30.7 Å². The quantitative estimate of drug-likeness (QED) is 0.352. The van der Waals surface area contributed by atoms with Crippen LogP contribution in [0.5, 0.6) is 0 Å². The number of aromatic nitrogens is 1. The minimum atomic E-state index is -0.619. The third-order valence-corrected chi connectivity index (χ3v) is 6.88. The van der Waals surface area contributed by atoms with Crippen molar-refractivity contribution in [1.82, 2.24) is 10.3 Å². The van der Waals surface area contributed by atoms with Crippen molar-refractivity contribution >= 4 is 46.8 Å². The number of carbonyl (C=O) groups excluding carboxylic acids is 2. The van der Waals surface area contributed by atoms with Crippen molar-refractivity contribution in [1.29, 1.82) is 0 Å². The number of halogens is 2. The van der Waals surface area contributed by atoms with E-state index >= 15 is 0 Å². The fourth-order valence-electron chi connectivity index (χ4n) is 4.07. The minimum absolute atomic E-state index is 0.0536. The Balaban J connectivity index is 0.000000468. The predicted molar refractivity (Wildman–Crippen MR) is 153 cm³/mol. The zero-order valence-electron chi connectivity index (χ0n) is 21.7. The fourth-order valence-corrected chi connectivity index (χ4v) is 4.56. The zero-order chi connectivity index (χ0) is 27.0. The molecule has 2 atom stereocenters. The third-order valence-electron chi connectivity index (χ3n) is 6.25. The van der Waals surface area contributed by atoms with Crippen LogP contribution in [-0.2, 0) is 15.0 Å². The molecule has 1 fully saturated rings. The molecule has 1 aliphatic heterocycles. The number of pyridine rings is 1. The van der Waals surface area contributed by atoms with E-state index in [4.69, 9.17) is 23.2 Å². The number of nitrogens with one attached hydrogen (secondary N) is 2. The second kappa shape index (κ2) is 13.0. The highest BCUT2D eigenvalue weighted by atomic mass is 35.5. The number of carbonyl (C=O) groups is 2. The van der Waals surface area contributed by atoms with Crippen molar-refractivity contribution in [3.05, 3.63) is 88.2 Å². The van der Waals surface area contributed by atoms with Crippen molar-refractivity contribution < 1.29 is 9.59 Å². The molecule has 196 valence electrons. The van der Waals surface area contributed by atoms with Crippen molar-refractivity contribution in [2.24, 2.45) is 0 Å². The lowest BCUT2D eigenvalue weighted by Crippen LogP contribution is -2.35. The largest absolute Gasteiger partial charge is 0.359 e. The van der Waals surface area contributed by atoms with E-state index in [9.17, 15) is 9.59 Å². The summed E-state index contributed by atoms with van der Waals surface area (Å²) in [5, 5.41) is 6.70. The van der Waals surface area contributed by atoms with Gasteiger partial charge in [0.15, 0.2) is 0 Å². The summed E-state index contributed by atoms with van der Waals surface area (Å²) in [6.45, 7) is 7.53. The average molecular weight is 542 g/mol. The number of anilines is 2. The summed E-state index contributed by atoms with van der Waals surface area (Å²) >= 11 is 12.5. The molecule has 4 rings (SSSR count). The van der Waals surface area contributed by atoms with Gasteiger partial charge in [-0.2, -0.15) is 0 Å². The number of benzene rings is 2. The molecule has 0 saturated carbocycles. The molecule has 0 spiro atoms. The molecule has 2 heterocycles. The van der Waals surface area contributed by atoms with Gasteiger partial charge in [-0.3, -0.25) is 9.78 Å². The van der Waals surface area contributed by atoms with Gasteiger partial charge in [0.05, 0.1) is 21.8 Å². The molecule has 6 nitrogen and oxygen atoms in total. The first-order chi connectivity index (χ1) is 17.6. The van der Waals surface area contributed by atoms with E-state index < -0.39 is 6.04 Å². The van der Waals surface area contributed by atoms with Crippen LogP contribution in [0.25, 0.3) is 0 Å². The number of para-hydroxylation sites is 1. The highest BCUT2D eigenvalue weighted by Gasteiger charge is 2.27. The van der Waals surface area contributed by atoms with Gasteiger partial charge in [0.2, 0.25) is 0 Å². The summed E-state index contributed by atoms with van der Waals surface area (Å²) in [6.07, 6.45) is 6.54. The van der Waals surface area contributed by atoms with Crippen LogP contribution in [0.3, 0.4) is 0 Å². The number of nitrogens with zero attached hydrogens (tertiary/aromatic N) is 2. The molecule has 0 radical (unpaired) electrons. The lowest BCUT2D eigenvalue weighted by molar-refractivity contribution is -0.117. The van der Waals surface area contributed by atoms with E-state index in [1.807, 2.05) is 36.2 Å². The van der Waals surface area contributed by atoms with Crippen molar-refractivity contribution in [2.45, 2.75) is 51.1 Å². The van der Waals surface area contributed by atoms with E-state index in [0.717, 1.165) is 36.9 Å². The Bertz CT molecular complexity index is 1150. The standard InChI is InChI=1S/C24H25Cl2N3O.C5H9NO/c1-24(2,3)17-10-12-18(13-11-17)29(4)22(16-7-6-14-27-15-16)23(30)28-21-19(25)8-5-9-20(21)26;7-4-5-2-1-3-6-5/h5-15,22H,1-4H3,(H,28,30);4-6H,1-3H2. The van der Waals surface area contributed by atoms with Gasteiger partial charge in [-0.15, -0.1) is 0 Å². The average Bonchev–Trinajstić information content (AvgIpc) is 3.41. The number of aldehydes is 1. The number of rotatable bonds is 6. The molecule has 0 bridgehead atoms. The van der Waals surface area contributed by atoms with Crippen LogP contribution in [-0.4, -0.2) is 36.8 Å². The highest BCUT2D eigenvalue weighted by molar-refractivity contribution is 6.39. The summed E-state index contributed by atoms with van der Waals surface area (Å²) < 4.78 is 0. The Kier molecular flexibility index (Phi) is 10.1. The highest BCUT2D eigenvalue weighted by Crippen LogP contribution is 2.33. The number of hydrogen-bond acceptors (Lipinski definition) is 5. The van der Waals surface area contributed by atoms with E-state index in [1.54, 1.807) is 30.6 Å². The van der Waals surface area contributed by atoms with Crippen LogP contribution in [0, 0.1) is 0 Å². The maximum Gasteiger partial charge on any atom is 0.251 e. The molecule has 2 unspecified atom stereocenters. The van der Waals surface area contributed by atoms with E-state index in [2.05, 4.69) is 48.5 Å². The van der Waals surface area contributed by atoms with Gasteiger partial charge in [0.1, 0.15) is 12.3 Å². The molecule has 0 aliphatic carbocycles. The second-order valence-electron chi connectivity index (χ2n) is 10.0. The van der Waals surface area contributed by atoms with E-state index in [1.165, 1.54) is 5.56 Å². The smallest absolute Gasteiger partial charge is 0.251 e. The van der Waals surface area contributed by atoms with Crippen LogP contribution >= 0.6 is 23.2 Å². The topological polar surface area (TPSA) is 74.3 Å². The first-order valence-electron chi connectivity index (χ1n) is 12.3. The SMILES string of the molecule is CN(c1ccc(C(C)(C)C)cc1)C(C(=O)Nc1c(Cl)cccc1Cl)c1cccnc1.O=CC1CCCN1. The molecule has 1 saturated heterocycles. The number of hydrogen-bond donors (Lipinski definition) is 2. The monoisotopic (exact) mass is 540 g/mol. The van der Waals surface area contributed by atoms with Gasteiger partial charge < -0.3 is 20.3 Å². The molecule has 2 aromatic carbocycles. The van der Waals surface area contributed by atoms with Crippen LogP contribution in [0.2, 0.25) is 10.0 Å². The molecule has 1 aliphatic rings. The van der Waals surface area contributed by atoms with Gasteiger partial charge in [-0.1, -0.05) is 68.2 Å². The van der Waals surface area contributed by atoms with Crippen LogP contribution < -0.4 is 15.5 Å². The Morgan fingerprint density at radius 3 is 2.27 bits per heavy atom. The first-order valence-corrected chi connectivity index (χ1v) is 13.0. The molecule has 8 heteroatoms. The molecule has 37 heavy (non-hydrogen) atoms. The maximum atomic E-state index is 13.4. The Morgan fingerprint density at radius 1 is 1.11 bits per heavy atom. The molecule has 1 aromatic heterocycles. The van der Waals surface area contributed by atoms with Crippen LogP contribution in [0.15, 0.2) is 67.0 Å². The van der Waals surface area contributed by atoms with E-state index in [0.29, 0.717) is 15.7 Å². The lowest BCUT2D eigenvalue weighted by Gasteiger charge is -2.30. The van der Waals surface area contributed by atoms with Crippen LogP contribution in [0.1, 0.15) is 50.8 Å². The van der Waals surface area contributed by atoms with Gasteiger partial charge in [-0.05, 0) is 60.7 Å². The third kappa shape index (κ3) is 7.78. The van der Waals surface area contributed by atoms with Crippen molar-refractivity contribution in [3.8, 4) is 0 Å². The normalized spacial score (nSPS) is 15.8. The molecule has 1 amide bonds. The van der Waals surface area contributed by atoms with Gasteiger partial charge >= 0.3 is 0 Å². The van der Waals surface area contributed by atoms with Gasteiger partial charge in [0.25, 0.3) is 5.91 Å².